The highest BCUT2D eigenvalue weighted by atomic mass is 16.6. The minimum atomic E-state index is -0.514. The summed E-state index contributed by atoms with van der Waals surface area (Å²) < 4.78 is 5.37. The predicted molar refractivity (Wildman–Crippen MR) is 106 cm³/mol. The number of carbonyl (C=O) groups is 2. The topological polar surface area (TPSA) is 109 Å². The number of likely N-dealkylation sites (tertiary alicyclic amines) is 1. The van der Waals surface area contributed by atoms with Crippen molar-refractivity contribution in [2.24, 2.45) is 5.73 Å². The Morgan fingerprint density at radius 1 is 1.11 bits per heavy atom. The van der Waals surface area contributed by atoms with Gasteiger partial charge < -0.3 is 15.8 Å². The molecule has 0 bridgehead atoms. The molecular formula is C21H24N4O3. The molecule has 1 saturated heterocycles. The summed E-state index contributed by atoms with van der Waals surface area (Å²) in [6, 6.07) is 16.1. The van der Waals surface area contributed by atoms with Crippen molar-refractivity contribution in [3.63, 3.8) is 0 Å². The van der Waals surface area contributed by atoms with Crippen LogP contribution in [0, 0.1) is 5.41 Å². The highest BCUT2D eigenvalue weighted by molar-refractivity contribution is 5.94. The number of benzene rings is 2. The van der Waals surface area contributed by atoms with Gasteiger partial charge in [-0.05, 0) is 24.0 Å². The number of amidine groups is 1. The summed E-state index contributed by atoms with van der Waals surface area (Å²) in [5.74, 6) is -0.184. The Balaban J connectivity index is 1.52. The van der Waals surface area contributed by atoms with E-state index in [2.05, 4.69) is 5.32 Å². The van der Waals surface area contributed by atoms with Crippen LogP contribution < -0.4 is 11.1 Å². The highest BCUT2D eigenvalue weighted by Crippen LogP contribution is 2.19. The van der Waals surface area contributed by atoms with Crippen LogP contribution in [0.1, 0.15) is 29.5 Å². The van der Waals surface area contributed by atoms with Gasteiger partial charge in [0.1, 0.15) is 18.5 Å². The molecule has 0 saturated carbocycles. The quantitative estimate of drug-likeness (QED) is 0.528. The molecule has 1 heterocycles. The van der Waals surface area contributed by atoms with Crippen molar-refractivity contribution in [1.29, 1.82) is 5.41 Å². The zero-order valence-corrected chi connectivity index (χ0v) is 15.6. The van der Waals surface area contributed by atoms with Gasteiger partial charge in [-0.1, -0.05) is 54.6 Å². The minimum Gasteiger partial charge on any atom is -0.445 e. The monoisotopic (exact) mass is 380 g/mol. The fourth-order valence-corrected chi connectivity index (χ4v) is 3.17. The Labute approximate surface area is 164 Å². The molecule has 1 fully saturated rings. The average Bonchev–Trinajstić information content (AvgIpc) is 3.21. The second kappa shape index (κ2) is 9.03. The second-order valence-electron chi connectivity index (χ2n) is 6.72. The van der Waals surface area contributed by atoms with E-state index in [9.17, 15) is 9.59 Å². The van der Waals surface area contributed by atoms with E-state index in [1.807, 2.05) is 42.5 Å². The highest BCUT2D eigenvalue weighted by Gasteiger charge is 2.34. The Morgan fingerprint density at radius 3 is 2.50 bits per heavy atom. The number of amides is 2. The van der Waals surface area contributed by atoms with Gasteiger partial charge in [0.15, 0.2) is 0 Å². The smallest absolute Gasteiger partial charge is 0.410 e. The van der Waals surface area contributed by atoms with Crippen LogP contribution >= 0.6 is 0 Å². The van der Waals surface area contributed by atoms with Crippen LogP contribution in [-0.2, 0) is 22.7 Å². The van der Waals surface area contributed by atoms with Crippen molar-refractivity contribution in [2.45, 2.75) is 32.0 Å². The number of hydrogen-bond donors (Lipinski definition) is 3. The fraction of sp³-hybridized carbons (Fsp3) is 0.286. The standard InChI is InChI=1S/C21H24N4O3/c22-19(23)17-10-8-15(9-11-17)13-24-20(26)18-7-4-12-25(18)21(27)28-14-16-5-2-1-3-6-16/h1-3,5-6,8-11,18H,4,7,12-14H2,(H3,22,23)(H,24,26)/t18-/m0/s1. The van der Waals surface area contributed by atoms with Gasteiger partial charge in [0.2, 0.25) is 5.91 Å². The first-order valence-electron chi connectivity index (χ1n) is 9.23. The van der Waals surface area contributed by atoms with E-state index in [0.29, 0.717) is 25.1 Å². The lowest BCUT2D eigenvalue weighted by molar-refractivity contribution is -0.125. The van der Waals surface area contributed by atoms with Crippen LogP contribution in [0.3, 0.4) is 0 Å². The fourth-order valence-electron chi connectivity index (χ4n) is 3.17. The van der Waals surface area contributed by atoms with Gasteiger partial charge in [-0.3, -0.25) is 15.1 Å². The van der Waals surface area contributed by atoms with Gasteiger partial charge in [-0.25, -0.2) is 4.79 Å². The molecule has 28 heavy (non-hydrogen) atoms. The molecule has 1 aliphatic rings. The van der Waals surface area contributed by atoms with Crippen LogP contribution in [0.25, 0.3) is 0 Å². The Morgan fingerprint density at radius 2 is 1.82 bits per heavy atom. The van der Waals surface area contributed by atoms with Crippen LogP contribution in [-0.4, -0.2) is 35.3 Å². The van der Waals surface area contributed by atoms with Crippen molar-refractivity contribution in [1.82, 2.24) is 10.2 Å². The van der Waals surface area contributed by atoms with E-state index in [1.54, 1.807) is 12.1 Å². The van der Waals surface area contributed by atoms with Crippen molar-refractivity contribution in [2.75, 3.05) is 6.54 Å². The van der Waals surface area contributed by atoms with Gasteiger partial charge in [0.05, 0.1) is 0 Å². The first-order chi connectivity index (χ1) is 13.5. The molecule has 0 unspecified atom stereocenters. The van der Waals surface area contributed by atoms with Crippen molar-refractivity contribution in [3.05, 3.63) is 71.3 Å². The zero-order chi connectivity index (χ0) is 19.9. The summed E-state index contributed by atoms with van der Waals surface area (Å²) in [5, 5.41) is 10.3. The van der Waals surface area contributed by atoms with E-state index in [-0.39, 0.29) is 18.3 Å². The van der Waals surface area contributed by atoms with E-state index in [4.69, 9.17) is 15.9 Å². The molecular weight excluding hydrogens is 356 g/mol. The number of rotatable bonds is 6. The molecule has 2 amide bonds. The average molecular weight is 380 g/mol. The van der Waals surface area contributed by atoms with Crippen molar-refractivity contribution in [3.8, 4) is 0 Å². The lowest BCUT2D eigenvalue weighted by atomic mass is 10.1. The third kappa shape index (κ3) is 4.88. The van der Waals surface area contributed by atoms with E-state index < -0.39 is 12.1 Å². The second-order valence-corrected chi connectivity index (χ2v) is 6.72. The molecule has 7 nitrogen and oxygen atoms in total. The molecule has 1 atom stereocenters. The normalized spacial score (nSPS) is 15.9. The van der Waals surface area contributed by atoms with Crippen LogP contribution in [0.15, 0.2) is 54.6 Å². The molecule has 3 rings (SSSR count). The molecule has 0 radical (unpaired) electrons. The third-order valence-corrected chi connectivity index (χ3v) is 4.73. The van der Waals surface area contributed by atoms with Crippen LogP contribution in [0.5, 0.6) is 0 Å². The van der Waals surface area contributed by atoms with Gasteiger partial charge in [0, 0.05) is 18.7 Å². The minimum absolute atomic E-state index is 0.00574. The first kappa shape index (κ1) is 19.4. The molecule has 0 spiro atoms. The summed E-state index contributed by atoms with van der Waals surface area (Å²) in [7, 11) is 0. The SMILES string of the molecule is N=C(N)c1ccc(CNC(=O)[C@@H]2CCCN2C(=O)OCc2ccccc2)cc1. The van der Waals surface area contributed by atoms with Gasteiger partial charge in [0.25, 0.3) is 0 Å². The van der Waals surface area contributed by atoms with E-state index in [0.717, 1.165) is 17.5 Å². The van der Waals surface area contributed by atoms with Gasteiger partial charge in [-0.2, -0.15) is 0 Å². The Bertz CT molecular complexity index is 836. The number of nitrogen functional groups attached to an aromatic ring is 1. The molecule has 2 aromatic carbocycles. The maximum absolute atomic E-state index is 12.6. The van der Waals surface area contributed by atoms with Crippen LogP contribution in [0.2, 0.25) is 0 Å². The molecule has 146 valence electrons. The largest absolute Gasteiger partial charge is 0.445 e. The summed E-state index contributed by atoms with van der Waals surface area (Å²) in [4.78, 5) is 26.5. The zero-order valence-electron chi connectivity index (χ0n) is 15.6. The number of hydrogen-bond acceptors (Lipinski definition) is 4. The predicted octanol–water partition coefficient (Wildman–Crippen LogP) is 2.39. The van der Waals surface area contributed by atoms with E-state index in [1.165, 1.54) is 4.90 Å². The summed E-state index contributed by atoms with van der Waals surface area (Å²) >= 11 is 0. The molecule has 7 heteroatoms. The molecule has 2 aromatic rings. The molecule has 0 aromatic heterocycles. The summed E-state index contributed by atoms with van der Waals surface area (Å²) in [6.07, 6.45) is 0.925. The number of nitrogens with one attached hydrogen (secondary N) is 2. The van der Waals surface area contributed by atoms with Gasteiger partial charge in [-0.15, -0.1) is 0 Å². The molecule has 4 N–H and O–H groups in total. The summed E-state index contributed by atoms with van der Waals surface area (Å²) in [6.45, 7) is 1.05. The Hall–Kier alpha value is -3.35. The lowest BCUT2D eigenvalue weighted by Crippen LogP contribution is -2.45. The maximum Gasteiger partial charge on any atom is 0.410 e. The molecule has 1 aliphatic heterocycles. The van der Waals surface area contributed by atoms with Crippen molar-refractivity contribution >= 4 is 17.8 Å². The number of ether oxygens (including phenoxy) is 1. The third-order valence-electron chi connectivity index (χ3n) is 4.73. The lowest BCUT2D eigenvalue weighted by Gasteiger charge is -2.23. The van der Waals surface area contributed by atoms with Crippen LogP contribution in [0.4, 0.5) is 4.79 Å². The Kier molecular flexibility index (Phi) is 6.26. The number of carbonyl (C=O) groups excluding carboxylic acids is 2. The van der Waals surface area contributed by atoms with E-state index >= 15 is 0 Å². The van der Waals surface area contributed by atoms with Gasteiger partial charge >= 0.3 is 6.09 Å². The summed E-state index contributed by atoms with van der Waals surface area (Å²) in [5.41, 5.74) is 7.88. The maximum atomic E-state index is 12.6. The first-order valence-corrected chi connectivity index (χ1v) is 9.23. The van der Waals surface area contributed by atoms with Crippen molar-refractivity contribution < 1.29 is 14.3 Å². The number of nitrogens with two attached hydrogens (primary N) is 1. The number of nitrogens with zero attached hydrogens (tertiary/aromatic N) is 1. The molecule has 0 aliphatic carbocycles.